The Hall–Kier alpha value is -2.32. The van der Waals surface area contributed by atoms with E-state index < -0.39 is 24.0 Å². The second kappa shape index (κ2) is 8.08. The van der Waals surface area contributed by atoms with Gasteiger partial charge in [0, 0.05) is 6.42 Å². The Balaban J connectivity index is 2.74. The van der Waals surface area contributed by atoms with Crippen LogP contribution in [-0.4, -0.2) is 25.0 Å². The summed E-state index contributed by atoms with van der Waals surface area (Å²) >= 11 is 0. The highest BCUT2D eigenvalue weighted by Gasteiger charge is 2.24. The van der Waals surface area contributed by atoms with Gasteiger partial charge in [0.1, 0.15) is 12.1 Å². The molecule has 3 N–H and O–H groups in total. The molecule has 0 fully saturated rings. The van der Waals surface area contributed by atoms with E-state index in [9.17, 15) is 9.59 Å². The van der Waals surface area contributed by atoms with E-state index >= 15 is 0 Å². The van der Waals surface area contributed by atoms with Crippen LogP contribution in [0.5, 0.6) is 0 Å². The van der Waals surface area contributed by atoms with E-state index in [0.29, 0.717) is 18.4 Å². The van der Waals surface area contributed by atoms with Gasteiger partial charge in [-0.1, -0.05) is 29.8 Å². The molecule has 0 saturated heterocycles. The van der Waals surface area contributed by atoms with Gasteiger partial charge in [-0.25, -0.2) is 4.79 Å². The van der Waals surface area contributed by atoms with Crippen molar-refractivity contribution in [3.63, 3.8) is 0 Å². The van der Waals surface area contributed by atoms with Crippen LogP contribution in [-0.2, 0) is 14.3 Å². The third-order valence-corrected chi connectivity index (χ3v) is 3.10. The number of hydrogen-bond donors (Lipinski definition) is 2. The van der Waals surface area contributed by atoms with Crippen molar-refractivity contribution in [2.75, 3.05) is 7.11 Å². The molecule has 5 nitrogen and oxygen atoms in total. The largest absolute Gasteiger partial charge is 0.467 e. The van der Waals surface area contributed by atoms with Crippen molar-refractivity contribution in [1.82, 2.24) is 5.32 Å². The molecule has 112 valence electrons. The smallest absolute Gasteiger partial charge is 0.328 e. The topological polar surface area (TPSA) is 81.4 Å². The maximum absolute atomic E-state index is 12.1. The minimum absolute atomic E-state index is 0.315. The molecule has 0 aliphatic rings. The average Bonchev–Trinajstić information content (AvgIpc) is 2.50. The summed E-state index contributed by atoms with van der Waals surface area (Å²) in [6.45, 7) is 1.95. The Bertz CT molecular complexity index is 531. The monoisotopic (exact) mass is 288 g/mol. The predicted octanol–water partition coefficient (Wildman–Crippen LogP) is 1.07. The lowest BCUT2D eigenvalue weighted by Gasteiger charge is -2.18. The number of rotatable bonds is 6. The number of carbonyl (C=O) groups excluding carboxylic acids is 2. The first kappa shape index (κ1) is 16.7. The van der Waals surface area contributed by atoms with Crippen LogP contribution >= 0.6 is 0 Å². The Labute approximate surface area is 124 Å². The summed E-state index contributed by atoms with van der Waals surface area (Å²) in [4.78, 5) is 23.7. The number of terminal acetylenes is 1. The SMILES string of the molecule is C#CCC[C@H](NC(=O)C(N)c1ccc(C)cc1)C(=O)OC. The fraction of sp³-hybridized carbons (Fsp3) is 0.375. The molecule has 1 unspecified atom stereocenters. The molecule has 1 aromatic rings. The summed E-state index contributed by atoms with van der Waals surface area (Å²) < 4.78 is 4.65. The highest BCUT2D eigenvalue weighted by molar-refractivity contribution is 5.88. The number of hydrogen-bond acceptors (Lipinski definition) is 4. The molecule has 0 aliphatic carbocycles. The second-order valence-corrected chi connectivity index (χ2v) is 4.72. The standard InChI is InChI=1S/C16H20N2O3/c1-4-5-6-13(16(20)21-3)18-15(19)14(17)12-9-7-11(2)8-10-12/h1,7-10,13-14H,5-6,17H2,2-3H3,(H,18,19)/t13-,14?/m0/s1. The Morgan fingerprint density at radius 2 is 2.00 bits per heavy atom. The third kappa shape index (κ3) is 4.93. The van der Waals surface area contributed by atoms with E-state index in [4.69, 9.17) is 12.2 Å². The summed E-state index contributed by atoms with van der Waals surface area (Å²) in [5.41, 5.74) is 7.66. The van der Waals surface area contributed by atoms with Crippen LogP contribution in [0.4, 0.5) is 0 Å². The number of ether oxygens (including phenoxy) is 1. The van der Waals surface area contributed by atoms with Crippen molar-refractivity contribution in [2.24, 2.45) is 5.73 Å². The number of esters is 1. The maximum atomic E-state index is 12.1. The van der Waals surface area contributed by atoms with Crippen LogP contribution in [0.1, 0.15) is 30.0 Å². The Kier molecular flexibility index (Phi) is 6.44. The number of benzene rings is 1. The van der Waals surface area contributed by atoms with Crippen molar-refractivity contribution in [3.8, 4) is 12.3 Å². The van der Waals surface area contributed by atoms with E-state index in [1.165, 1.54) is 7.11 Å². The minimum Gasteiger partial charge on any atom is -0.467 e. The van der Waals surface area contributed by atoms with Crippen molar-refractivity contribution in [1.29, 1.82) is 0 Å². The number of nitrogens with two attached hydrogens (primary N) is 1. The van der Waals surface area contributed by atoms with Gasteiger partial charge < -0.3 is 15.8 Å². The molecule has 1 amide bonds. The summed E-state index contributed by atoms with van der Waals surface area (Å²) in [6, 6.07) is 5.69. The fourth-order valence-corrected chi connectivity index (χ4v) is 1.81. The van der Waals surface area contributed by atoms with Crippen molar-refractivity contribution < 1.29 is 14.3 Å². The number of aryl methyl sites for hydroxylation is 1. The predicted molar refractivity (Wildman–Crippen MR) is 80.1 cm³/mol. The fourth-order valence-electron chi connectivity index (χ4n) is 1.81. The van der Waals surface area contributed by atoms with Gasteiger partial charge in [-0.05, 0) is 18.9 Å². The molecule has 0 aliphatic heterocycles. The maximum Gasteiger partial charge on any atom is 0.328 e. The highest BCUT2D eigenvalue weighted by Crippen LogP contribution is 2.12. The first-order chi connectivity index (χ1) is 9.99. The minimum atomic E-state index is -0.844. The van der Waals surface area contributed by atoms with E-state index in [-0.39, 0.29) is 0 Å². The molecule has 0 spiro atoms. The molecular weight excluding hydrogens is 268 g/mol. The number of methoxy groups -OCH3 is 1. The molecular formula is C16H20N2O3. The summed E-state index contributed by atoms with van der Waals surface area (Å²) in [7, 11) is 1.26. The molecule has 0 bridgehead atoms. The lowest BCUT2D eigenvalue weighted by Crippen LogP contribution is -2.45. The molecule has 0 heterocycles. The molecule has 1 aromatic carbocycles. The molecule has 0 saturated carbocycles. The van der Waals surface area contributed by atoms with Gasteiger partial charge in [0.25, 0.3) is 0 Å². The van der Waals surface area contributed by atoms with Crippen LogP contribution in [0.3, 0.4) is 0 Å². The first-order valence-electron chi connectivity index (χ1n) is 6.63. The van der Waals surface area contributed by atoms with Gasteiger partial charge in [0.05, 0.1) is 7.11 Å². The molecule has 5 heteroatoms. The van der Waals surface area contributed by atoms with E-state index in [2.05, 4.69) is 16.0 Å². The summed E-state index contributed by atoms with van der Waals surface area (Å²) in [5, 5.41) is 2.58. The molecule has 1 rings (SSSR count). The van der Waals surface area contributed by atoms with Crippen LogP contribution in [0.15, 0.2) is 24.3 Å². The van der Waals surface area contributed by atoms with Gasteiger partial charge in [0.15, 0.2) is 0 Å². The first-order valence-corrected chi connectivity index (χ1v) is 6.63. The van der Waals surface area contributed by atoms with Gasteiger partial charge in [-0.3, -0.25) is 4.79 Å². The molecule has 0 aromatic heterocycles. The third-order valence-electron chi connectivity index (χ3n) is 3.10. The number of amides is 1. The zero-order valence-electron chi connectivity index (χ0n) is 12.3. The second-order valence-electron chi connectivity index (χ2n) is 4.72. The lowest BCUT2D eigenvalue weighted by atomic mass is 10.0. The van der Waals surface area contributed by atoms with Gasteiger partial charge >= 0.3 is 5.97 Å². The molecule has 21 heavy (non-hydrogen) atoms. The lowest BCUT2D eigenvalue weighted by molar-refractivity contribution is -0.145. The van der Waals surface area contributed by atoms with E-state index in [0.717, 1.165) is 5.56 Å². The summed E-state index contributed by atoms with van der Waals surface area (Å²) in [6.07, 6.45) is 5.85. The molecule has 0 radical (unpaired) electrons. The normalized spacial score (nSPS) is 12.9. The zero-order valence-corrected chi connectivity index (χ0v) is 12.3. The highest BCUT2D eigenvalue weighted by atomic mass is 16.5. The van der Waals surface area contributed by atoms with Crippen molar-refractivity contribution in [2.45, 2.75) is 31.8 Å². The van der Waals surface area contributed by atoms with Crippen LogP contribution in [0.25, 0.3) is 0 Å². The van der Waals surface area contributed by atoms with Crippen LogP contribution in [0.2, 0.25) is 0 Å². The number of nitrogens with one attached hydrogen (secondary N) is 1. The van der Waals surface area contributed by atoms with Crippen LogP contribution < -0.4 is 11.1 Å². The van der Waals surface area contributed by atoms with Gasteiger partial charge in [-0.2, -0.15) is 0 Å². The van der Waals surface area contributed by atoms with Crippen LogP contribution in [0, 0.1) is 19.3 Å². The average molecular weight is 288 g/mol. The quantitative estimate of drug-likeness (QED) is 0.606. The Morgan fingerprint density at radius 1 is 1.38 bits per heavy atom. The van der Waals surface area contributed by atoms with Gasteiger partial charge in [0.2, 0.25) is 5.91 Å². The van der Waals surface area contributed by atoms with Crippen molar-refractivity contribution in [3.05, 3.63) is 35.4 Å². The zero-order chi connectivity index (χ0) is 15.8. The van der Waals surface area contributed by atoms with E-state index in [1.54, 1.807) is 12.1 Å². The van der Waals surface area contributed by atoms with E-state index in [1.807, 2.05) is 19.1 Å². The number of carbonyl (C=O) groups is 2. The Morgan fingerprint density at radius 3 is 2.52 bits per heavy atom. The van der Waals surface area contributed by atoms with Crippen molar-refractivity contribution >= 4 is 11.9 Å². The molecule has 2 atom stereocenters. The van der Waals surface area contributed by atoms with Gasteiger partial charge in [-0.15, -0.1) is 12.3 Å². The summed E-state index contributed by atoms with van der Waals surface area (Å²) in [5.74, 6) is 1.46.